The van der Waals surface area contributed by atoms with Crippen LogP contribution in [0.2, 0.25) is 0 Å². The first-order valence-corrected chi connectivity index (χ1v) is 5.14. The fourth-order valence-electron chi connectivity index (χ4n) is 1.75. The van der Waals surface area contributed by atoms with E-state index in [0.29, 0.717) is 6.04 Å². The van der Waals surface area contributed by atoms with Crippen molar-refractivity contribution in [3.63, 3.8) is 0 Å². The van der Waals surface area contributed by atoms with Gasteiger partial charge in [-0.3, -0.25) is 9.47 Å². The molecule has 0 amide bonds. The van der Waals surface area contributed by atoms with Crippen molar-refractivity contribution in [2.75, 3.05) is 7.05 Å². The van der Waals surface area contributed by atoms with Crippen LogP contribution in [-0.2, 0) is 6.54 Å². The monoisotopic (exact) mass is 195 g/mol. The Morgan fingerprint density at radius 1 is 1.71 bits per heavy atom. The largest absolute Gasteiger partial charge is 0.325 e. The Labute approximate surface area is 83.5 Å². The van der Waals surface area contributed by atoms with Crippen LogP contribution in [0.3, 0.4) is 0 Å². The van der Waals surface area contributed by atoms with Crippen molar-refractivity contribution < 1.29 is 0 Å². The minimum absolute atomic E-state index is 0.0129. The molecule has 0 aliphatic heterocycles. The predicted molar refractivity (Wildman–Crippen MR) is 55.3 cm³/mol. The first-order chi connectivity index (χ1) is 6.68. The van der Waals surface area contributed by atoms with Crippen LogP contribution < -0.4 is 5.69 Å². The minimum atomic E-state index is -0.0129. The number of aromatic amines is 1. The molecule has 1 saturated carbocycles. The van der Waals surface area contributed by atoms with E-state index in [1.807, 2.05) is 0 Å². The van der Waals surface area contributed by atoms with Gasteiger partial charge in [-0.2, -0.15) is 0 Å². The van der Waals surface area contributed by atoms with Gasteiger partial charge in [0.25, 0.3) is 0 Å². The quantitative estimate of drug-likeness (QED) is 0.766. The standard InChI is InChI=1S/C10H17N3O/c1-8(12(2)9-3-4-9)7-13-6-5-11-10(13)14/h5-6,8-9H,3-4,7H2,1-2H3,(H,11,14). The molecule has 0 radical (unpaired) electrons. The smallest absolute Gasteiger partial charge is 0.313 e. The van der Waals surface area contributed by atoms with Gasteiger partial charge < -0.3 is 4.98 Å². The molecule has 0 aromatic carbocycles. The number of rotatable bonds is 4. The van der Waals surface area contributed by atoms with Gasteiger partial charge in [0.2, 0.25) is 0 Å². The normalized spacial score (nSPS) is 18.8. The zero-order chi connectivity index (χ0) is 10.1. The van der Waals surface area contributed by atoms with Gasteiger partial charge in [0, 0.05) is 31.0 Å². The number of nitrogens with zero attached hydrogens (tertiary/aromatic N) is 2. The Balaban J connectivity index is 1.96. The molecule has 1 heterocycles. The second-order valence-corrected chi connectivity index (χ2v) is 4.16. The van der Waals surface area contributed by atoms with Gasteiger partial charge in [-0.05, 0) is 26.8 Å². The molecule has 4 heteroatoms. The number of hydrogen-bond donors (Lipinski definition) is 1. The molecule has 1 fully saturated rings. The fourth-order valence-corrected chi connectivity index (χ4v) is 1.75. The molecule has 1 aromatic rings. The van der Waals surface area contributed by atoms with Crippen LogP contribution in [0, 0.1) is 0 Å². The van der Waals surface area contributed by atoms with Crippen LogP contribution in [-0.4, -0.2) is 33.6 Å². The number of imidazole rings is 1. The van der Waals surface area contributed by atoms with Crippen molar-refractivity contribution >= 4 is 0 Å². The first-order valence-electron chi connectivity index (χ1n) is 5.14. The molecule has 4 nitrogen and oxygen atoms in total. The lowest BCUT2D eigenvalue weighted by atomic mass is 10.3. The van der Waals surface area contributed by atoms with Gasteiger partial charge in [-0.1, -0.05) is 0 Å². The second kappa shape index (κ2) is 3.61. The van der Waals surface area contributed by atoms with Crippen LogP contribution in [0.4, 0.5) is 0 Å². The average Bonchev–Trinajstić information content (AvgIpc) is 2.92. The van der Waals surface area contributed by atoms with Crippen molar-refractivity contribution in [2.24, 2.45) is 0 Å². The number of nitrogens with one attached hydrogen (secondary N) is 1. The molecular weight excluding hydrogens is 178 g/mol. The third-order valence-corrected chi connectivity index (χ3v) is 3.00. The Kier molecular flexibility index (Phi) is 2.46. The maximum atomic E-state index is 11.3. The fraction of sp³-hybridized carbons (Fsp3) is 0.700. The maximum absolute atomic E-state index is 11.3. The summed E-state index contributed by atoms with van der Waals surface area (Å²) in [6, 6.07) is 1.18. The average molecular weight is 195 g/mol. The Bertz CT molecular complexity index is 350. The number of aromatic nitrogens is 2. The summed E-state index contributed by atoms with van der Waals surface area (Å²) in [5.74, 6) is 0. The highest BCUT2D eigenvalue weighted by Crippen LogP contribution is 2.27. The second-order valence-electron chi connectivity index (χ2n) is 4.16. The highest BCUT2D eigenvalue weighted by Gasteiger charge is 2.29. The van der Waals surface area contributed by atoms with E-state index in [2.05, 4.69) is 23.9 Å². The van der Waals surface area contributed by atoms with Crippen LogP contribution >= 0.6 is 0 Å². The summed E-state index contributed by atoms with van der Waals surface area (Å²) in [6.07, 6.45) is 6.11. The molecule has 14 heavy (non-hydrogen) atoms. The highest BCUT2D eigenvalue weighted by molar-refractivity contribution is 4.86. The van der Waals surface area contributed by atoms with Crippen LogP contribution in [0.1, 0.15) is 19.8 Å². The summed E-state index contributed by atoms with van der Waals surface area (Å²) in [6.45, 7) is 2.94. The van der Waals surface area contributed by atoms with Crippen molar-refractivity contribution in [3.8, 4) is 0 Å². The predicted octanol–water partition coefficient (Wildman–Crippen LogP) is 0.659. The molecule has 1 unspecified atom stereocenters. The Morgan fingerprint density at radius 3 is 2.93 bits per heavy atom. The number of likely N-dealkylation sites (N-methyl/N-ethyl adjacent to an activating group) is 1. The molecule has 78 valence electrons. The third kappa shape index (κ3) is 1.90. The third-order valence-electron chi connectivity index (χ3n) is 3.00. The summed E-state index contributed by atoms with van der Waals surface area (Å²) in [7, 11) is 2.14. The Hall–Kier alpha value is -1.03. The van der Waals surface area contributed by atoms with Gasteiger partial charge in [-0.15, -0.1) is 0 Å². The summed E-state index contributed by atoms with van der Waals surface area (Å²) in [5, 5.41) is 0. The van der Waals surface area contributed by atoms with E-state index in [1.165, 1.54) is 12.8 Å². The van der Waals surface area contributed by atoms with Crippen LogP contribution in [0.15, 0.2) is 17.2 Å². The van der Waals surface area contributed by atoms with Crippen molar-refractivity contribution in [3.05, 3.63) is 22.9 Å². The van der Waals surface area contributed by atoms with E-state index in [4.69, 9.17) is 0 Å². The summed E-state index contributed by atoms with van der Waals surface area (Å²) >= 11 is 0. The van der Waals surface area contributed by atoms with Crippen LogP contribution in [0.5, 0.6) is 0 Å². The molecular formula is C10H17N3O. The van der Waals surface area contributed by atoms with E-state index in [0.717, 1.165) is 12.6 Å². The zero-order valence-corrected chi connectivity index (χ0v) is 8.73. The lowest BCUT2D eigenvalue weighted by Gasteiger charge is -2.24. The molecule has 0 saturated heterocycles. The molecule has 0 spiro atoms. The molecule has 1 aliphatic rings. The topological polar surface area (TPSA) is 41.0 Å². The van der Waals surface area contributed by atoms with Gasteiger partial charge >= 0.3 is 5.69 Å². The van der Waals surface area contributed by atoms with E-state index in [9.17, 15) is 4.79 Å². The summed E-state index contributed by atoms with van der Waals surface area (Å²) in [4.78, 5) is 16.3. The molecule has 0 bridgehead atoms. The summed E-state index contributed by atoms with van der Waals surface area (Å²) in [5.41, 5.74) is -0.0129. The maximum Gasteiger partial charge on any atom is 0.325 e. The molecule has 1 N–H and O–H groups in total. The minimum Gasteiger partial charge on any atom is -0.313 e. The van der Waals surface area contributed by atoms with Gasteiger partial charge in [0.1, 0.15) is 0 Å². The number of H-pyrrole nitrogens is 1. The molecule has 2 rings (SSSR count). The van der Waals surface area contributed by atoms with Gasteiger partial charge in [-0.25, -0.2) is 4.79 Å². The molecule has 1 aromatic heterocycles. The Morgan fingerprint density at radius 2 is 2.43 bits per heavy atom. The van der Waals surface area contributed by atoms with Crippen LogP contribution in [0.25, 0.3) is 0 Å². The number of hydrogen-bond acceptors (Lipinski definition) is 2. The first kappa shape index (κ1) is 9.52. The van der Waals surface area contributed by atoms with E-state index in [1.54, 1.807) is 17.0 Å². The van der Waals surface area contributed by atoms with Gasteiger partial charge in [0.15, 0.2) is 0 Å². The zero-order valence-electron chi connectivity index (χ0n) is 8.73. The van der Waals surface area contributed by atoms with Crippen molar-refractivity contribution in [2.45, 2.75) is 38.4 Å². The lowest BCUT2D eigenvalue weighted by Crippen LogP contribution is -2.36. The van der Waals surface area contributed by atoms with E-state index >= 15 is 0 Å². The SMILES string of the molecule is CC(Cn1cc[nH]c1=O)N(C)C1CC1. The summed E-state index contributed by atoms with van der Waals surface area (Å²) < 4.78 is 1.73. The van der Waals surface area contributed by atoms with Crippen molar-refractivity contribution in [1.29, 1.82) is 0 Å². The van der Waals surface area contributed by atoms with E-state index in [-0.39, 0.29) is 5.69 Å². The molecule has 1 atom stereocenters. The lowest BCUT2D eigenvalue weighted by molar-refractivity contribution is 0.224. The van der Waals surface area contributed by atoms with Crippen molar-refractivity contribution in [1.82, 2.24) is 14.5 Å². The van der Waals surface area contributed by atoms with E-state index < -0.39 is 0 Å². The molecule has 1 aliphatic carbocycles. The highest BCUT2D eigenvalue weighted by atomic mass is 16.1. The van der Waals surface area contributed by atoms with Gasteiger partial charge in [0.05, 0.1) is 0 Å².